The van der Waals surface area contributed by atoms with E-state index >= 15 is 0 Å². The number of aliphatic hydroxyl groups is 1. The van der Waals surface area contributed by atoms with Crippen molar-refractivity contribution >= 4 is 46.1 Å². The van der Waals surface area contributed by atoms with Crippen molar-refractivity contribution in [2.45, 2.75) is 15.5 Å². The molecule has 0 amide bonds. The Morgan fingerprint density at radius 3 is 2.50 bits per heavy atom. The van der Waals surface area contributed by atoms with Crippen LogP contribution in [0.4, 0.5) is 11.4 Å². The van der Waals surface area contributed by atoms with Crippen molar-refractivity contribution in [2.75, 3.05) is 57.3 Å². The van der Waals surface area contributed by atoms with Gasteiger partial charge in [-0.05, 0) is 42.6 Å². The zero-order chi connectivity index (χ0) is 17.9. The Kier molecular flexibility index (Phi) is 6.08. The highest BCUT2D eigenvalue weighted by molar-refractivity contribution is 8.01. The van der Waals surface area contributed by atoms with Crippen molar-refractivity contribution in [1.82, 2.24) is 9.80 Å². The van der Waals surface area contributed by atoms with Gasteiger partial charge in [0.1, 0.15) is 0 Å². The standard InChI is InChI=1S/C19H24ClN3OS2/c20-15-2-3-18-17(14-15)23(16-4-13-25-19(16)26-18)6-1-5-21-7-9-22(10-8-21)11-12-24/h2-4,13-14,24H,1,5-12H2. The number of hydrogen-bond donors (Lipinski definition) is 1. The highest BCUT2D eigenvalue weighted by Gasteiger charge is 2.25. The number of anilines is 2. The molecule has 140 valence electrons. The van der Waals surface area contributed by atoms with Crippen molar-refractivity contribution in [1.29, 1.82) is 0 Å². The van der Waals surface area contributed by atoms with Gasteiger partial charge in [-0.1, -0.05) is 23.4 Å². The first-order chi connectivity index (χ1) is 12.7. The number of nitrogens with zero attached hydrogens (tertiary/aromatic N) is 3. The van der Waals surface area contributed by atoms with E-state index in [4.69, 9.17) is 16.7 Å². The lowest BCUT2D eigenvalue weighted by molar-refractivity contribution is 0.112. The van der Waals surface area contributed by atoms with Crippen molar-refractivity contribution in [2.24, 2.45) is 0 Å². The summed E-state index contributed by atoms with van der Waals surface area (Å²) in [5.41, 5.74) is 2.56. The van der Waals surface area contributed by atoms with Crippen molar-refractivity contribution < 1.29 is 5.11 Å². The topological polar surface area (TPSA) is 30.0 Å². The Labute approximate surface area is 168 Å². The van der Waals surface area contributed by atoms with Gasteiger partial charge in [0.05, 0.1) is 22.2 Å². The molecule has 1 aromatic heterocycles. The van der Waals surface area contributed by atoms with Gasteiger partial charge in [-0.25, -0.2) is 0 Å². The lowest BCUT2D eigenvalue weighted by Gasteiger charge is -2.35. The molecular formula is C19H24ClN3OS2. The molecule has 3 heterocycles. The van der Waals surface area contributed by atoms with Crippen LogP contribution in [0.3, 0.4) is 0 Å². The molecule has 4 nitrogen and oxygen atoms in total. The maximum absolute atomic E-state index is 9.06. The van der Waals surface area contributed by atoms with Gasteiger partial charge in [0, 0.05) is 49.2 Å². The number of hydrogen-bond acceptors (Lipinski definition) is 6. The van der Waals surface area contributed by atoms with Crippen molar-refractivity contribution in [3.05, 3.63) is 34.7 Å². The summed E-state index contributed by atoms with van der Waals surface area (Å²) >= 11 is 9.94. The molecule has 26 heavy (non-hydrogen) atoms. The van der Waals surface area contributed by atoms with Crippen molar-refractivity contribution in [3.63, 3.8) is 0 Å². The van der Waals surface area contributed by atoms with Gasteiger partial charge in [0.2, 0.25) is 0 Å². The molecule has 0 bridgehead atoms. The zero-order valence-corrected chi connectivity index (χ0v) is 17.1. The largest absolute Gasteiger partial charge is 0.395 e. The number of halogens is 1. The lowest BCUT2D eigenvalue weighted by atomic mass is 10.2. The summed E-state index contributed by atoms with van der Waals surface area (Å²) in [4.78, 5) is 8.61. The Bertz CT molecular complexity index is 746. The van der Waals surface area contributed by atoms with Gasteiger partial charge in [0.15, 0.2) is 0 Å². The zero-order valence-electron chi connectivity index (χ0n) is 14.7. The molecule has 2 aliphatic heterocycles. The van der Waals surface area contributed by atoms with Gasteiger partial charge in [-0.2, -0.15) is 0 Å². The average Bonchev–Trinajstić information content (AvgIpc) is 3.11. The van der Waals surface area contributed by atoms with E-state index in [1.165, 1.54) is 20.5 Å². The number of piperazine rings is 1. The van der Waals surface area contributed by atoms with Crippen LogP contribution >= 0.6 is 34.7 Å². The summed E-state index contributed by atoms with van der Waals surface area (Å²) in [5.74, 6) is 0. The number of β-amino-alcohol motifs (C(OH)–C–C–N with tert-alkyl or cyclic N) is 1. The molecule has 0 unspecified atom stereocenters. The second-order valence-corrected chi connectivity index (χ2v) is 9.38. The first kappa shape index (κ1) is 18.6. The summed E-state index contributed by atoms with van der Waals surface area (Å²) in [7, 11) is 0. The molecule has 2 aliphatic rings. The molecule has 4 rings (SSSR count). The van der Waals surface area contributed by atoms with E-state index in [1.54, 1.807) is 0 Å². The SMILES string of the molecule is OCCN1CCN(CCCN2c3cc(Cl)ccc3Sc3sccc32)CC1. The van der Waals surface area contributed by atoms with Crippen LogP contribution in [0.2, 0.25) is 5.02 Å². The van der Waals surface area contributed by atoms with Crippen LogP contribution in [0.25, 0.3) is 0 Å². The van der Waals surface area contributed by atoms with Crippen LogP contribution in [0.1, 0.15) is 6.42 Å². The Hall–Kier alpha value is -0.760. The molecule has 1 fully saturated rings. The minimum absolute atomic E-state index is 0.262. The molecule has 1 aromatic carbocycles. The molecule has 0 radical (unpaired) electrons. The van der Waals surface area contributed by atoms with E-state index in [1.807, 2.05) is 29.2 Å². The van der Waals surface area contributed by atoms with Gasteiger partial charge < -0.3 is 14.9 Å². The van der Waals surface area contributed by atoms with Gasteiger partial charge in [-0.3, -0.25) is 4.90 Å². The van der Waals surface area contributed by atoms with Crippen LogP contribution in [-0.4, -0.2) is 67.3 Å². The molecule has 2 aromatic rings. The third-order valence-electron chi connectivity index (χ3n) is 5.05. The van der Waals surface area contributed by atoms with E-state index < -0.39 is 0 Å². The van der Waals surface area contributed by atoms with Gasteiger partial charge in [0.25, 0.3) is 0 Å². The van der Waals surface area contributed by atoms with Gasteiger partial charge in [-0.15, -0.1) is 11.3 Å². The van der Waals surface area contributed by atoms with Crippen LogP contribution in [0.15, 0.2) is 38.8 Å². The predicted molar refractivity (Wildman–Crippen MR) is 111 cm³/mol. The minimum atomic E-state index is 0.262. The normalized spacial score (nSPS) is 18.0. The van der Waals surface area contributed by atoms with Crippen LogP contribution in [0.5, 0.6) is 0 Å². The molecule has 7 heteroatoms. The fourth-order valence-electron chi connectivity index (χ4n) is 3.65. The van der Waals surface area contributed by atoms with Crippen LogP contribution < -0.4 is 4.90 Å². The third kappa shape index (κ3) is 4.06. The van der Waals surface area contributed by atoms with E-state index in [2.05, 4.69) is 38.3 Å². The number of benzene rings is 1. The van der Waals surface area contributed by atoms with E-state index in [0.29, 0.717) is 0 Å². The van der Waals surface area contributed by atoms with Crippen LogP contribution in [-0.2, 0) is 0 Å². The fraction of sp³-hybridized carbons (Fsp3) is 0.474. The first-order valence-corrected chi connectivity index (χ1v) is 11.2. The molecule has 0 atom stereocenters. The summed E-state index contributed by atoms with van der Waals surface area (Å²) < 4.78 is 1.37. The highest BCUT2D eigenvalue weighted by atomic mass is 35.5. The second kappa shape index (κ2) is 8.50. The third-order valence-corrected chi connectivity index (χ3v) is 7.48. The number of fused-ring (bicyclic) bond motifs is 2. The monoisotopic (exact) mass is 409 g/mol. The maximum atomic E-state index is 9.06. The molecule has 1 N–H and O–H groups in total. The maximum Gasteiger partial charge on any atom is 0.0884 e. The van der Waals surface area contributed by atoms with E-state index in [-0.39, 0.29) is 6.61 Å². The quantitative estimate of drug-likeness (QED) is 0.778. The second-order valence-electron chi connectivity index (χ2n) is 6.72. The number of rotatable bonds is 6. The molecule has 1 saturated heterocycles. The van der Waals surface area contributed by atoms with Crippen molar-refractivity contribution in [3.8, 4) is 0 Å². The summed E-state index contributed by atoms with van der Waals surface area (Å²) in [6.45, 7) is 7.52. The molecule has 0 saturated carbocycles. The summed E-state index contributed by atoms with van der Waals surface area (Å²) in [5, 5.41) is 12.0. The average molecular weight is 410 g/mol. The van der Waals surface area contributed by atoms with Crippen LogP contribution in [0, 0.1) is 0 Å². The Morgan fingerprint density at radius 2 is 1.73 bits per heavy atom. The molecule has 0 aliphatic carbocycles. The minimum Gasteiger partial charge on any atom is -0.395 e. The fourth-order valence-corrected chi connectivity index (χ4v) is 5.96. The highest BCUT2D eigenvalue weighted by Crippen LogP contribution is 2.51. The van der Waals surface area contributed by atoms with Gasteiger partial charge >= 0.3 is 0 Å². The summed E-state index contributed by atoms with van der Waals surface area (Å²) in [6.07, 6.45) is 1.13. The number of thiophene rings is 1. The van der Waals surface area contributed by atoms with E-state index in [9.17, 15) is 0 Å². The number of aliphatic hydroxyl groups excluding tert-OH is 1. The summed E-state index contributed by atoms with van der Waals surface area (Å²) in [6, 6.07) is 8.44. The first-order valence-electron chi connectivity index (χ1n) is 9.12. The Balaban J connectivity index is 1.38. The lowest BCUT2D eigenvalue weighted by Crippen LogP contribution is -2.47. The molecule has 0 spiro atoms. The smallest absolute Gasteiger partial charge is 0.0884 e. The molecular weight excluding hydrogens is 386 g/mol. The van der Waals surface area contributed by atoms with E-state index in [0.717, 1.165) is 57.3 Å². The predicted octanol–water partition coefficient (Wildman–Crippen LogP) is 4.00. The Morgan fingerprint density at radius 1 is 0.962 bits per heavy atom.